The standard InChI is InChI=1S/C10H14N2O2/c1-3-7-12(2)10(14)9-8(13)5-4-6-11-9/h4-6,13H,3,7H2,1-2H3. The van der Waals surface area contributed by atoms with Crippen molar-refractivity contribution in [2.45, 2.75) is 13.3 Å². The number of pyridine rings is 1. The van der Waals surface area contributed by atoms with E-state index in [1.165, 1.54) is 12.3 Å². The zero-order chi connectivity index (χ0) is 10.6. The third kappa shape index (κ3) is 2.22. The van der Waals surface area contributed by atoms with Crippen LogP contribution in [0.1, 0.15) is 23.8 Å². The molecule has 0 saturated carbocycles. The molecule has 0 aliphatic carbocycles. The smallest absolute Gasteiger partial charge is 0.276 e. The van der Waals surface area contributed by atoms with Crippen molar-refractivity contribution in [3.63, 3.8) is 0 Å². The predicted octanol–water partition coefficient (Wildman–Crippen LogP) is 1.27. The van der Waals surface area contributed by atoms with Crippen LogP contribution in [0.15, 0.2) is 18.3 Å². The summed E-state index contributed by atoms with van der Waals surface area (Å²) >= 11 is 0. The fourth-order valence-electron chi connectivity index (χ4n) is 1.18. The van der Waals surface area contributed by atoms with E-state index in [1.807, 2.05) is 6.92 Å². The van der Waals surface area contributed by atoms with E-state index in [-0.39, 0.29) is 17.4 Å². The Hall–Kier alpha value is -1.58. The predicted molar refractivity (Wildman–Crippen MR) is 53.2 cm³/mol. The van der Waals surface area contributed by atoms with Crippen LogP contribution >= 0.6 is 0 Å². The van der Waals surface area contributed by atoms with Crippen molar-refractivity contribution in [2.75, 3.05) is 13.6 Å². The van der Waals surface area contributed by atoms with Gasteiger partial charge in [-0.3, -0.25) is 4.79 Å². The molecule has 1 aromatic heterocycles. The van der Waals surface area contributed by atoms with E-state index in [1.54, 1.807) is 18.0 Å². The molecule has 76 valence electrons. The summed E-state index contributed by atoms with van der Waals surface area (Å²) in [7, 11) is 1.69. The van der Waals surface area contributed by atoms with Gasteiger partial charge in [0.15, 0.2) is 5.69 Å². The van der Waals surface area contributed by atoms with E-state index in [9.17, 15) is 9.90 Å². The molecule has 4 nitrogen and oxygen atoms in total. The lowest BCUT2D eigenvalue weighted by atomic mass is 10.3. The monoisotopic (exact) mass is 194 g/mol. The lowest BCUT2D eigenvalue weighted by Crippen LogP contribution is -2.28. The Morgan fingerprint density at radius 2 is 2.36 bits per heavy atom. The van der Waals surface area contributed by atoms with Crippen LogP contribution in [0.5, 0.6) is 5.75 Å². The van der Waals surface area contributed by atoms with E-state index in [0.717, 1.165) is 6.42 Å². The van der Waals surface area contributed by atoms with Gasteiger partial charge >= 0.3 is 0 Å². The molecule has 0 unspecified atom stereocenters. The summed E-state index contributed by atoms with van der Waals surface area (Å²) in [6, 6.07) is 3.05. The first-order valence-corrected chi connectivity index (χ1v) is 4.56. The summed E-state index contributed by atoms with van der Waals surface area (Å²) in [5, 5.41) is 9.39. The maximum absolute atomic E-state index is 11.7. The van der Waals surface area contributed by atoms with Crippen LogP contribution in [0.4, 0.5) is 0 Å². The van der Waals surface area contributed by atoms with Gasteiger partial charge in [-0.1, -0.05) is 6.92 Å². The topological polar surface area (TPSA) is 53.4 Å². The van der Waals surface area contributed by atoms with Crippen molar-refractivity contribution in [3.05, 3.63) is 24.0 Å². The first-order valence-electron chi connectivity index (χ1n) is 4.56. The first-order chi connectivity index (χ1) is 6.66. The highest BCUT2D eigenvalue weighted by atomic mass is 16.3. The van der Waals surface area contributed by atoms with Crippen molar-refractivity contribution in [1.29, 1.82) is 0 Å². The first kappa shape index (κ1) is 10.5. The lowest BCUT2D eigenvalue weighted by molar-refractivity contribution is 0.0786. The van der Waals surface area contributed by atoms with Crippen LogP contribution in [0, 0.1) is 0 Å². The summed E-state index contributed by atoms with van der Waals surface area (Å²) in [5.74, 6) is -0.314. The average molecular weight is 194 g/mol. The maximum Gasteiger partial charge on any atom is 0.276 e. The molecule has 0 fully saturated rings. The molecule has 14 heavy (non-hydrogen) atoms. The van der Waals surface area contributed by atoms with Crippen molar-refractivity contribution in [3.8, 4) is 5.75 Å². The van der Waals surface area contributed by atoms with Crippen LogP contribution in [-0.4, -0.2) is 34.5 Å². The number of nitrogens with zero attached hydrogens (tertiary/aromatic N) is 2. The summed E-state index contributed by atoms with van der Waals surface area (Å²) in [4.78, 5) is 17.0. The molecule has 1 N–H and O–H groups in total. The molecule has 0 aliphatic rings. The van der Waals surface area contributed by atoms with Crippen LogP contribution < -0.4 is 0 Å². The van der Waals surface area contributed by atoms with Crippen LogP contribution in [0.25, 0.3) is 0 Å². The Morgan fingerprint density at radius 1 is 1.64 bits per heavy atom. The number of carbonyl (C=O) groups is 1. The van der Waals surface area contributed by atoms with E-state index < -0.39 is 0 Å². The number of aromatic nitrogens is 1. The molecule has 1 amide bonds. The van der Waals surface area contributed by atoms with Crippen molar-refractivity contribution < 1.29 is 9.90 Å². The van der Waals surface area contributed by atoms with Gasteiger partial charge < -0.3 is 10.0 Å². The molecule has 0 saturated heterocycles. The average Bonchev–Trinajstić information content (AvgIpc) is 2.18. The molecular formula is C10H14N2O2. The Kier molecular flexibility index (Phi) is 3.45. The highest BCUT2D eigenvalue weighted by Gasteiger charge is 2.15. The van der Waals surface area contributed by atoms with Crippen LogP contribution in [0.3, 0.4) is 0 Å². The third-order valence-electron chi connectivity index (χ3n) is 1.89. The molecule has 0 radical (unpaired) electrons. The third-order valence-corrected chi connectivity index (χ3v) is 1.89. The molecule has 0 atom stereocenters. The molecule has 1 heterocycles. The highest BCUT2D eigenvalue weighted by Crippen LogP contribution is 2.14. The molecular weight excluding hydrogens is 180 g/mol. The van der Waals surface area contributed by atoms with E-state index in [0.29, 0.717) is 6.54 Å². The molecule has 0 spiro atoms. The maximum atomic E-state index is 11.7. The number of hydrogen-bond donors (Lipinski definition) is 1. The Morgan fingerprint density at radius 3 is 2.93 bits per heavy atom. The van der Waals surface area contributed by atoms with E-state index >= 15 is 0 Å². The number of carbonyl (C=O) groups excluding carboxylic acids is 1. The van der Waals surface area contributed by atoms with Crippen LogP contribution in [-0.2, 0) is 0 Å². The van der Waals surface area contributed by atoms with Gasteiger partial charge in [-0.2, -0.15) is 0 Å². The number of hydrogen-bond acceptors (Lipinski definition) is 3. The van der Waals surface area contributed by atoms with Gasteiger partial charge in [0.1, 0.15) is 5.75 Å². The number of aromatic hydroxyl groups is 1. The molecule has 0 aromatic carbocycles. The fraction of sp³-hybridized carbons (Fsp3) is 0.400. The lowest BCUT2D eigenvalue weighted by Gasteiger charge is -2.15. The quantitative estimate of drug-likeness (QED) is 0.788. The SMILES string of the molecule is CCCN(C)C(=O)c1ncccc1O. The van der Waals surface area contributed by atoms with Crippen molar-refractivity contribution >= 4 is 5.91 Å². The molecule has 1 rings (SSSR count). The van der Waals surface area contributed by atoms with Gasteiger partial charge in [0.2, 0.25) is 0 Å². The minimum Gasteiger partial charge on any atom is -0.505 e. The zero-order valence-electron chi connectivity index (χ0n) is 8.40. The minimum atomic E-state index is -0.245. The summed E-state index contributed by atoms with van der Waals surface area (Å²) in [6.07, 6.45) is 2.38. The van der Waals surface area contributed by atoms with Gasteiger partial charge in [-0.25, -0.2) is 4.98 Å². The second-order valence-electron chi connectivity index (χ2n) is 3.10. The second-order valence-corrected chi connectivity index (χ2v) is 3.10. The number of amides is 1. The molecule has 0 bridgehead atoms. The van der Waals surface area contributed by atoms with E-state index in [2.05, 4.69) is 4.98 Å². The number of rotatable bonds is 3. The Balaban J connectivity index is 2.84. The minimum absolute atomic E-state index is 0.0690. The van der Waals surface area contributed by atoms with Crippen LogP contribution in [0.2, 0.25) is 0 Å². The van der Waals surface area contributed by atoms with Gasteiger partial charge in [0.25, 0.3) is 5.91 Å². The van der Waals surface area contributed by atoms with Crippen molar-refractivity contribution in [1.82, 2.24) is 9.88 Å². The summed E-state index contributed by atoms with van der Waals surface area (Å²) in [5.41, 5.74) is 0.114. The van der Waals surface area contributed by atoms with Gasteiger partial charge in [-0.05, 0) is 18.6 Å². The highest BCUT2D eigenvalue weighted by molar-refractivity contribution is 5.94. The Bertz CT molecular complexity index is 326. The summed E-state index contributed by atoms with van der Waals surface area (Å²) in [6.45, 7) is 2.65. The second kappa shape index (κ2) is 4.60. The fourth-order valence-corrected chi connectivity index (χ4v) is 1.18. The van der Waals surface area contributed by atoms with Gasteiger partial charge in [0.05, 0.1) is 0 Å². The molecule has 1 aromatic rings. The molecule has 4 heteroatoms. The largest absolute Gasteiger partial charge is 0.505 e. The Labute approximate surface area is 83.2 Å². The van der Waals surface area contributed by atoms with E-state index in [4.69, 9.17) is 0 Å². The van der Waals surface area contributed by atoms with Gasteiger partial charge in [0, 0.05) is 19.8 Å². The normalized spacial score (nSPS) is 9.86. The van der Waals surface area contributed by atoms with Gasteiger partial charge in [-0.15, -0.1) is 0 Å². The van der Waals surface area contributed by atoms with Crippen molar-refractivity contribution in [2.24, 2.45) is 0 Å². The zero-order valence-corrected chi connectivity index (χ0v) is 8.40. The summed E-state index contributed by atoms with van der Waals surface area (Å²) < 4.78 is 0. The molecule has 0 aliphatic heterocycles.